The molecule has 0 aromatic heterocycles. The zero-order chi connectivity index (χ0) is 14.1. The highest BCUT2D eigenvalue weighted by atomic mass is 16.1. The van der Waals surface area contributed by atoms with Gasteiger partial charge < -0.3 is 0 Å². The molecule has 0 atom stereocenters. The second kappa shape index (κ2) is 5.69. The normalized spacial score (nSPS) is 18.6. The number of Topliss-reactive ketones (excluding diaryl/α,β-unsaturated/α-hetero) is 1. The number of aryl methyl sites for hydroxylation is 2. The van der Waals surface area contributed by atoms with Gasteiger partial charge in [-0.05, 0) is 56.9 Å². The van der Waals surface area contributed by atoms with Gasteiger partial charge in [0.05, 0.1) is 6.54 Å². The number of rotatable bonds is 7. The number of ketones is 1. The van der Waals surface area contributed by atoms with E-state index in [2.05, 4.69) is 17.9 Å². The first-order valence-electron chi connectivity index (χ1n) is 7.94. The molecule has 2 heteroatoms. The monoisotopic (exact) mass is 271 g/mol. The van der Waals surface area contributed by atoms with Crippen molar-refractivity contribution in [2.45, 2.75) is 39.5 Å². The number of hydrogen-bond acceptors (Lipinski definition) is 2. The molecule has 0 N–H and O–H groups in total. The summed E-state index contributed by atoms with van der Waals surface area (Å²) in [7, 11) is 0. The van der Waals surface area contributed by atoms with Crippen LogP contribution in [-0.4, -0.2) is 30.3 Å². The van der Waals surface area contributed by atoms with Crippen LogP contribution in [0, 0.1) is 25.7 Å². The number of hydrogen-bond donors (Lipinski definition) is 0. The molecule has 20 heavy (non-hydrogen) atoms. The molecule has 0 aliphatic heterocycles. The molecular formula is C18H25NO. The van der Waals surface area contributed by atoms with E-state index in [9.17, 15) is 4.79 Å². The predicted octanol–water partition coefficient (Wildman–Crippen LogP) is 3.61. The summed E-state index contributed by atoms with van der Waals surface area (Å²) in [6.45, 7) is 7.00. The summed E-state index contributed by atoms with van der Waals surface area (Å²) in [5.74, 6) is 2.02. The Morgan fingerprint density at radius 1 is 1.10 bits per heavy atom. The smallest absolute Gasteiger partial charge is 0.177 e. The fraction of sp³-hybridized carbons (Fsp3) is 0.611. The maximum atomic E-state index is 12.5. The minimum absolute atomic E-state index is 0.295. The fourth-order valence-electron chi connectivity index (χ4n) is 2.95. The van der Waals surface area contributed by atoms with Crippen LogP contribution >= 0.6 is 0 Å². The minimum Gasteiger partial charge on any atom is -0.295 e. The van der Waals surface area contributed by atoms with Gasteiger partial charge in [0.1, 0.15) is 0 Å². The van der Waals surface area contributed by atoms with Crippen LogP contribution in [0.1, 0.15) is 47.2 Å². The highest BCUT2D eigenvalue weighted by Gasteiger charge is 2.30. The molecule has 3 rings (SSSR count). The molecule has 0 heterocycles. The highest BCUT2D eigenvalue weighted by molar-refractivity contribution is 5.99. The Bertz CT molecular complexity index is 486. The Hall–Kier alpha value is -1.15. The molecule has 2 nitrogen and oxygen atoms in total. The lowest BCUT2D eigenvalue weighted by atomic mass is 10.0. The van der Waals surface area contributed by atoms with Crippen LogP contribution < -0.4 is 0 Å². The molecule has 0 amide bonds. The molecular weight excluding hydrogens is 246 g/mol. The van der Waals surface area contributed by atoms with Crippen molar-refractivity contribution >= 4 is 5.78 Å². The maximum Gasteiger partial charge on any atom is 0.177 e. The zero-order valence-electron chi connectivity index (χ0n) is 12.7. The van der Waals surface area contributed by atoms with E-state index in [0.717, 1.165) is 36.1 Å². The Morgan fingerprint density at radius 2 is 1.70 bits per heavy atom. The largest absolute Gasteiger partial charge is 0.295 e. The average Bonchev–Trinajstić information content (AvgIpc) is 3.24. The minimum atomic E-state index is 0.295. The van der Waals surface area contributed by atoms with E-state index in [1.54, 1.807) is 0 Å². The second-order valence-electron chi connectivity index (χ2n) is 6.82. The molecule has 2 aliphatic carbocycles. The van der Waals surface area contributed by atoms with E-state index >= 15 is 0 Å². The zero-order valence-corrected chi connectivity index (χ0v) is 12.7. The van der Waals surface area contributed by atoms with Gasteiger partial charge in [-0.3, -0.25) is 9.69 Å². The van der Waals surface area contributed by atoms with E-state index in [4.69, 9.17) is 0 Å². The molecule has 0 spiro atoms. The first-order chi connectivity index (χ1) is 9.61. The summed E-state index contributed by atoms with van der Waals surface area (Å²) in [6, 6.07) is 6.16. The first-order valence-corrected chi connectivity index (χ1v) is 7.94. The summed E-state index contributed by atoms with van der Waals surface area (Å²) in [6.07, 6.45) is 5.44. The summed E-state index contributed by atoms with van der Waals surface area (Å²) < 4.78 is 0. The number of nitrogens with zero attached hydrogens (tertiary/aromatic N) is 1. The number of carbonyl (C=O) groups is 1. The van der Waals surface area contributed by atoms with E-state index in [-0.39, 0.29) is 0 Å². The van der Waals surface area contributed by atoms with Gasteiger partial charge in [-0.2, -0.15) is 0 Å². The third-order valence-corrected chi connectivity index (χ3v) is 4.48. The van der Waals surface area contributed by atoms with Crippen molar-refractivity contribution < 1.29 is 4.79 Å². The summed E-state index contributed by atoms with van der Waals surface area (Å²) >= 11 is 0. The van der Waals surface area contributed by atoms with Crippen molar-refractivity contribution in [1.29, 1.82) is 0 Å². The Balaban J connectivity index is 1.64. The summed E-state index contributed by atoms with van der Waals surface area (Å²) in [5, 5.41) is 0. The lowest BCUT2D eigenvalue weighted by molar-refractivity contribution is 0.0923. The van der Waals surface area contributed by atoms with Crippen LogP contribution in [0.3, 0.4) is 0 Å². The molecule has 2 fully saturated rings. The van der Waals surface area contributed by atoms with Crippen molar-refractivity contribution in [3.05, 3.63) is 34.9 Å². The van der Waals surface area contributed by atoms with Crippen molar-refractivity contribution in [3.63, 3.8) is 0 Å². The molecule has 0 saturated heterocycles. The molecule has 108 valence electrons. The molecule has 2 saturated carbocycles. The fourth-order valence-corrected chi connectivity index (χ4v) is 2.95. The molecule has 0 bridgehead atoms. The van der Waals surface area contributed by atoms with Crippen LogP contribution in [-0.2, 0) is 0 Å². The van der Waals surface area contributed by atoms with Gasteiger partial charge in [-0.15, -0.1) is 0 Å². The van der Waals surface area contributed by atoms with Crippen LogP contribution in [0.15, 0.2) is 18.2 Å². The highest BCUT2D eigenvalue weighted by Crippen LogP contribution is 2.33. The Morgan fingerprint density at radius 3 is 2.20 bits per heavy atom. The Kier molecular flexibility index (Phi) is 3.93. The van der Waals surface area contributed by atoms with Crippen LogP contribution in [0.5, 0.6) is 0 Å². The van der Waals surface area contributed by atoms with E-state index < -0.39 is 0 Å². The number of benzene rings is 1. The van der Waals surface area contributed by atoms with Crippen LogP contribution in [0.25, 0.3) is 0 Å². The topological polar surface area (TPSA) is 20.3 Å². The second-order valence-corrected chi connectivity index (χ2v) is 6.82. The van der Waals surface area contributed by atoms with Gasteiger partial charge in [0.2, 0.25) is 0 Å². The summed E-state index contributed by atoms with van der Waals surface area (Å²) in [4.78, 5) is 15.0. The van der Waals surface area contributed by atoms with Gasteiger partial charge in [0, 0.05) is 18.7 Å². The van der Waals surface area contributed by atoms with Crippen LogP contribution in [0.4, 0.5) is 0 Å². The van der Waals surface area contributed by atoms with Gasteiger partial charge in [0.25, 0.3) is 0 Å². The molecule has 0 unspecified atom stereocenters. The standard InChI is InChI=1S/C18H25NO/c1-13-3-8-17(14(2)9-13)18(20)12-19(10-15-4-5-15)11-16-6-7-16/h3,8-9,15-16H,4-7,10-12H2,1-2H3. The van der Waals surface area contributed by atoms with Gasteiger partial charge in [-0.1, -0.05) is 23.8 Å². The third kappa shape index (κ3) is 3.69. The van der Waals surface area contributed by atoms with E-state index in [1.165, 1.54) is 31.2 Å². The molecule has 0 radical (unpaired) electrons. The maximum absolute atomic E-state index is 12.5. The van der Waals surface area contributed by atoms with Gasteiger partial charge in [0.15, 0.2) is 5.78 Å². The quantitative estimate of drug-likeness (QED) is 0.706. The van der Waals surface area contributed by atoms with E-state index in [1.807, 2.05) is 19.1 Å². The van der Waals surface area contributed by atoms with Gasteiger partial charge in [-0.25, -0.2) is 0 Å². The van der Waals surface area contributed by atoms with Crippen LogP contribution in [0.2, 0.25) is 0 Å². The van der Waals surface area contributed by atoms with E-state index in [0.29, 0.717) is 12.3 Å². The summed E-state index contributed by atoms with van der Waals surface area (Å²) in [5.41, 5.74) is 3.26. The average molecular weight is 271 g/mol. The SMILES string of the molecule is Cc1ccc(C(=O)CN(CC2CC2)CC2CC2)c(C)c1. The van der Waals surface area contributed by atoms with Crippen molar-refractivity contribution in [1.82, 2.24) is 4.90 Å². The van der Waals surface area contributed by atoms with Crippen molar-refractivity contribution in [3.8, 4) is 0 Å². The predicted molar refractivity (Wildman–Crippen MR) is 82.1 cm³/mol. The third-order valence-electron chi connectivity index (χ3n) is 4.48. The Labute approximate surface area is 122 Å². The molecule has 1 aromatic carbocycles. The van der Waals surface area contributed by atoms with Gasteiger partial charge >= 0.3 is 0 Å². The lowest BCUT2D eigenvalue weighted by Crippen LogP contribution is -2.33. The van der Waals surface area contributed by atoms with Crippen molar-refractivity contribution in [2.24, 2.45) is 11.8 Å². The first kappa shape index (κ1) is 13.8. The molecule has 1 aromatic rings. The van der Waals surface area contributed by atoms with Crippen molar-refractivity contribution in [2.75, 3.05) is 19.6 Å². The number of carbonyl (C=O) groups excluding carboxylic acids is 1. The lowest BCUT2D eigenvalue weighted by Gasteiger charge is -2.21. The molecule has 2 aliphatic rings.